The van der Waals surface area contributed by atoms with Crippen molar-refractivity contribution in [3.63, 3.8) is 0 Å². The first-order valence-corrected chi connectivity index (χ1v) is 13.9. The maximum atomic E-state index is 14.3. The second-order valence-corrected chi connectivity index (χ2v) is 12.1. The van der Waals surface area contributed by atoms with E-state index in [1.807, 2.05) is 0 Å². The van der Waals surface area contributed by atoms with Gasteiger partial charge < -0.3 is 4.84 Å². The van der Waals surface area contributed by atoms with Gasteiger partial charge in [0.25, 0.3) is 5.60 Å². The van der Waals surface area contributed by atoms with Gasteiger partial charge in [0.1, 0.15) is 0 Å². The molecule has 0 N–H and O–H groups in total. The number of carbonyl (C=O) groups is 1. The number of aryl methyl sites for hydroxylation is 1. The molecule has 0 spiro atoms. The lowest BCUT2D eigenvalue weighted by atomic mass is 9.85. The van der Waals surface area contributed by atoms with Gasteiger partial charge in [0.2, 0.25) is 0 Å². The fourth-order valence-electron chi connectivity index (χ4n) is 4.62. The van der Waals surface area contributed by atoms with Crippen LogP contribution < -0.4 is 0 Å². The molecule has 1 fully saturated rings. The highest BCUT2D eigenvalue weighted by Crippen LogP contribution is 2.50. The molecule has 2 aliphatic heterocycles. The number of benzene rings is 2. The zero-order valence-corrected chi connectivity index (χ0v) is 23.3. The van der Waals surface area contributed by atoms with Crippen molar-refractivity contribution < 1.29 is 61.7 Å². The molecule has 43 heavy (non-hydrogen) atoms. The molecule has 18 heteroatoms. The Morgan fingerprint density at radius 1 is 1.07 bits per heavy atom. The molecule has 2 aromatic rings. The predicted molar refractivity (Wildman–Crippen MR) is 133 cm³/mol. The van der Waals surface area contributed by atoms with E-state index in [-0.39, 0.29) is 36.3 Å². The van der Waals surface area contributed by atoms with Crippen LogP contribution >= 0.6 is 11.6 Å². The lowest BCUT2D eigenvalue weighted by Crippen LogP contribution is -2.51. The van der Waals surface area contributed by atoms with Crippen molar-refractivity contribution in [2.45, 2.75) is 43.9 Å². The maximum Gasteiger partial charge on any atom is 0.435 e. The molecule has 0 unspecified atom stereocenters. The third kappa shape index (κ3) is 7.10. The number of hydrogen-bond acceptors (Lipinski definition) is 6. The highest BCUT2D eigenvalue weighted by molar-refractivity contribution is 7.84. The lowest BCUT2D eigenvalue weighted by molar-refractivity contribution is -0.276. The summed E-state index contributed by atoms with van der Waals surface area (Å²) in [5, 5.41) is 2.92. The number of rotatable bonds is 8. The fourth-order valence-corrected chi connectivity index (χ4v) is 6.08. The predicted octanol–water partition coefficient (Wildman–Crippen LogP) is 6.58. The van der Waals surface area contributed by atoms with E-state index in [0.29, 0.717) is 28.1 Å². The molecule has 0 saturated carbocycles. The Hall–Kier alpha value is -2.89. The largest absolute Gasteiger partial charge is 0.435 e. The summed E-state index contributed by atoms with van der Waals surface area (Å²) in [6.07, 6.45) is -16.2. The molecule has 0 bridgehead atoms. The van der Waals surface area contributed by atoms with Crippen LogP contribution in [-0.2, 0) is 31.1 Å². The minimum atomic E-state index is -5.21. The normalized spacial score (nSPS) is 20.5. The highest BCUT2D eigenvalue weighted by atomic mass is 35.5. The van der Waals surface area contributed by atoms with Gasteiger partial charge in [0.05, 0.1) is 11.3 Å². The molecular weight excluding hydrogens is 647 g/mol. The molecular formula is C25H20ClF9N2O5S. The Balaban J connectivity index is 1.46. The summed E-state index contributed by atoms with van der Waals surface area (Å²) in [7, 11) is -4.63. The van der Waals surface area contributed by atoms with Crippen LogP contribution in [0, 0.1) is 12.8 Å². The molecule has 2 aromatic carbocycles. The van der Waals surface area contributed by atoms with E-state index in [0.717, 1.165) is 0 Å². The average Bonchev–Trinajstić information content (AvgIpc) is 3.30. The van der Waals surface area contributed by atoms with Gasteiger partial charge in [-0.1, -0.05) is 28.9 Å². The van der Waals surface area contributed by atoms with E-state index in [1.54, 1.807) is 0 Å². The Kier molecular flexibility index (Phi) is 8.62. The van der Waals surface area contributed by atoms with Gasteiger partial charge in [-0.25, -0.2) is 4.18 Å². The molecule has 0 amide bonds. The van der Waals surface area contributed by atoms with Crippen LogP contribution in [0.1, 0.15) is 45.5 Å². The molecule has 2 aliphatic rings. The van der Waals surface area contributed by atoms with E-state index in [1.165, 1.54) is 25.1 Å². The van der Waals surface area contributed by atoms with Gasteiger partial charge >= 0.3 is 28.8 Å². The zero-order chi connectivity index (χ0) is 32.2. The maximum absolute atomic E-state index is 14.3. The number of Topliss-reactive ketones (excluding diaryl/α,β-unsaturated/α-hetero) is 1. The summed E-state index contributed by atoms with van der Waals surface area (Å²) >= 11 is 5.71. The van der Waals surface area contributed by atoms with Crippen LogP contribution in [-0.4, -0.2) is 56.3 Å². The molecule has 0 aromatic heterocycles. The van der Waals surface area contributed by atoms with Crippen molar-refractivity contribution in [2.24, 2.45) is 11.1 Å². The number of nitrogens with zero attached hydrogens (tertiary/aromatic N) is 2. The smallest absolute Gasteiger partial charge is 0.374 e. The van der Waals surface area contributed by atoms with Crippen molar-refractivity contribution in [1.29, 1.82) is 0 Å². The average molecular weight is 667 g/mol. The third-order valence-corrected chi connectivity index (χ3v) is 8.39. The van der Waals surface area contributed by atoms with Crippen molar-refractivity contribution in [2.75, 3.05) is 19.7 Å². The summed E-state index contributed by atoms with van der Waals surface area (Å²) in [5.74, 6) is -0.981. The minimum Gasteiger partial charge on any atom is -0.374 e. The zero-order valence-electron chi connectivity index (χ0n) is 21.7. The molecule has 4 rings (SSSR count). The lowest BCUT2D eigenvalue weighted by Gasteiger charge is -2.37. The minimum absolute atomic E-state index is 0.0981. The number of halogens is 10. The Morgan fingerprint density at radius 3 is 2.28 bits per heavy atom. The molecule has 1 atom stereocenters. The Labute approximate surface area is 243 Å². The molecule has 2 heterocycles. The second kappa shape index (κ2) is 11.2. The van der Waals surface area contributed by atoms with E-state index in [2.05, 4.69) is 9.34 Å². The highest BCUT2D eigenvalue weighted by Gasteiger charge is 2.62. The molecule has 1 saturated heterocycles. The van der Waals surface area contributed by atoms with Crippen LogP contribution in [0.5, 0.6) is 0 Å². The van der Waals surface area contributed by atoms with Gasteiger partial charge in [-0.2, -0.15) is 52.2 Å². The van der Waals surface area contributed by atoms with Gasteiger partial charge in [-0.15, -0.1) is 0 Å². The summed E-state index contributed by atoms with van der Waals surface area (Å²) < 4.78 is 148. The summed E-state index contributed by atoms with van der Waals surface area (Å²) in [6.45, 7) is -1.03. The summed E-state index contributed by atoms with van der Waals surface area (Å²) in [4.78, 5) is 17.6. The van der Waals surface area contributed by atoms with Crippen molar-refractivity contribution in [1.82, 2.24) is 4.31 Å². The second-order valence-electron chi connectivity index (χ2n) is 10.0. The Bertz CT molecular complexity index is 1550. The number of carbonyl (C=O) groups excluding carboxylic acids is 1. The van der Waals surface area contributed by atoms with Gasteiger partial charge in [0, 0.05) is 42.1 Å². The van der Waals surface area contributed by atoms with Crippen LogP contribution in [0.25, 0.3) is 0 Å². The number of hydrogen-bond donors (Lipinski definition) is 0. The topological polar surface area (TPSA) is 85.3 Å². The number of oxime groups is 1. The van der Waals surface area contributed by atoms with Crippen molar-refractivity contribution in [3.8, 4) is 0 Å². The van der Waals surface area contributed by atoms with Gasteiger partial charge in [-0.05, 0) is 48.2 Å². The standard InChI is InChI=1S/C25H20ClF9N2O5S/c1-13-4-15(2-3-19(13)21(38)5-14-10-37(11-14)43(39,40)41-12-23(27,28)29)20-9-22(42-36-20,25(33,34)35)16-6-17(24(30,31)32)8-18(26)7-16/h2-4,6-8,14H,5,9-12H2,1H3/t22-/m0/s1. The van der Waals surface area contributed by atoms with Crippen LogP contribution in [0.2, 0.25) is 5.02 Å². The van der Waals surface area contributed by atoms with E-state index in [9.17, 15) is 52.7 Å². The third-order valence-electron chi connectivity index (χ3n) is 6.82. The van der Waals surface area contributed by atoms with Crippen LogP contribution in [0.3, 0.4) is 0 Å². The van der Waals surface area contributed by atoms with Crippen molar-refractivity contribution in [3.05, 3.63) is 69.2 Å². The fraction of sp³-hybridized carbons (Fsp3) is 0.440. The van der Waals surface area contributed by atoms with Gasteiger partial charge in [0.15, 0.2) is 12.4 Å². The molecule has 0 aliphatic carbocycles. The van der Waals surface area contributed by atoms with Crippen molar-refractivity contribution >= 4 is 33.4 Å². The van der Waals surface area contributed by atoms with E-state index in [4.69, 9.17) is 16.4 Å². The molecule has 7 nitrogen and oxygen atoms in total. The first-order valence-electron chi connectivity index (χ1n) is 12.2. The van der Waals surface area contributed by atoms with Gasteiger partial charge in [-0.3, -0.25) is 4.79 Å². The molecule has 0 radical (unpaired) electrons. The number of alkyl halides is 9. The summed E-state index contributed by atoms with van der Waals surface area (Å²) in [5.41, 5.74) is -5.29. The van der Waals surface area contributed by atoms with Crippen LogP contribution in [0.4, 0.5) is 39.5 Å². The summed E-state index contributed by atoms with van der Waals surface area (Å²) in [6, 6.07) is 5.39. The first kappa shape index (κ1) is 33.0. The SMILES string of the molecule is Cc1cc(C2=NO[C@@](c3cc(Cl)cc(C(F)(F)F)c3)(C(F)(F)F)C2)ccc1C(=O)CC1CN(S(=O)(=O)OCC(F)(F)F)C1. The monoisotopic (exact) mass is 666 g/mol. The first-order chi connectivity index (χ1) is 19.6. The van der Waals surface area contributed by atoms with E-state index >= 15 is 0 Å². The number of ketones is 1. The van der Waals surface area contributed by atoms with E-state index < -0.39 is 75.3 Å². The molecule has 236 valence electrons. The quantitative estimate of drug-likeness (QED) is 0.235. The van der Waals surface area contributed by atoms with Crippen LogP contribution in [0.15, 0.2) is 41.6 Å². The Morgan fingerprint density at radius 2 is 1.72 bits per heavy atom.